The van der Waals surface area contributed by atoms with Crippen molar-refractivity contribution in [3.63, 3.8) is 0 Å². The molecule has 0 bridgehead atoms. The molecule has 0 radical (unpaired) electrons. The summed E-state index contributed by atoms with van der Waals surface area (Å²) in [6, 6.07) is 10.2. The molecule has 0 fully saturated rings. The van der Waals surface area contributed by atoms with E-state index in [4.69, 9.17) is 27.9 Å². The van der Waals surface area contributed by atoms with Crippen LogP contribution in [0.1, 0.15) is 12.5 Å². The summed E-state index contributed by atoms with van der Waals surface area (Å²) in [6.07, 6.45) is 0. The third kappa shape index (κ3) is 3.78. The van der Waals surface area contributed by atoms with E-state index in [1.165, 1.54) is 6.07 Å². The Kier molecular flexibility index (Phi) is 5.10. The minimum Gasteiger partial charge on any atom is -0.492 e. The maximum absolute atomic E-state index is 13.3. The molecule has 0 saturated carbocycles. The summed E-state index contributed by atoms with van der Waals surface area (Å²) in [7, 11) is 0. The number of rotatable bonds is 5. The van der Waals surface area contributed by atoms with E-state index in [0.717, 1.165) is 11.3 Å². The van der Waals surface area contributed by atoms with Gasteiger partial charge < -0.3 is 10.1 Å². The van der Waals surface area contributed by atoms with Crippen molar-refractivity contribution in [3.05, 3.63) is 57.8 Å². The van der Waals surface area contributed by atoms with Crippen LogP contribution < -0.4 is 10.1 Å². The Labute approximate surface area is 127 Å². The first-order valence-corrected chi connectivity index (χ1v) is 6.96. The Morgan fingerprint density at radius 3 is 2.55 bits per heavy atom. The fourth-order valence-electron chi connectivity index (χ4n) is 1.74. The first-order valence-electron chi connectivity index (χ1n) is 6.20. The van der Waals surface area contributed by atoms with Gasteiger partial charge in [-0.2, -0.15) is 0 Å². The molecule has 0 spiro atoms. The molecule has 2 rings (SSSR count). The standard InChI is InChI=1S/C15H14Cl2FNO/c1-2-20-15-6-4-11(8-13(15)17)19-9-10-3-5-12(16)14(18)7-10/h3-8,19H,2,9H2,1H3. The maximum Gasteiger partial charge on any atom is 0.142 e. The second-order valence-corrected chi connectivity index (χ2v) is 4.99. The summed E-state index contributed by atoms with van der Waals surface area (Å²) in [5.74, 6) is 0.230. The average Bonchev–Trinajstić information content (AvgIpc) is 2.43. The highest BCUT2D eigenvalue weighted by molar-refractivity contribution is 6.32. The van der Waals surface area contributed by atoms with Gasteiger partial charge in [0.15, 0.2) is 0 Å². The molecule has 2 aromatic carbocycles. The summed E-state index contributed by atoms with van der Waals surface area (Å²) in [4.78, 5) is 0. The van der Waals surface area contributed by atoms with Crippen LogP contribution in [-0.2, 0) is 6.54 Å². The van der Waals surface area contributed by atoms with Crippen molar-refractivity contribution >= 4 is 28.9 Å². The molecule has 2 aromatic rings. The number of anilines is 1. The Bertz CT molecular complexity index is 604. The van der Waals surface area contributed by atoms with E-state index < -0.39 is 5.82 Å². The first-order chi connectivity index (χ1) is 9.60. The van der Waals surface area contributed by atoms with Crippen LogP contribution in [0.25, 0.3) is 0 Å². The summed E-state index contributed by atoms with van der Waals surface area (Å²) < 4.78 is 18.7. The molecule has 1 N–H and O–H groups in total. The molecule has 0 unspecified atom stereocenters. The summed E-state index contributed by atoms with van der Waals surface area (Å²) in [5.41, 5.74) is 1.64. The van der Waals surface area contributed by atoms with Gasteiger partial charge in [0.1, 0.15) is 11.6 Å². The van der Waals surface area contributed by atoms with Gasteiger partial charge in [0.05, 0.1) is 16.7 Å². The van der Waals surface area contributed by atoms with Crippen LogP contribution in [-0.4, -0.2) is 6.61 Å². The van der Waals surface area contributed by atoms with Crippen LogP contribution in [0.3, 0.4) is 0 Å². The molecule has 0 aromatic heterocycles. The van der Waals surface area contributed by atoms with Crippen molar-refractivity contribution in [2.45, 2.75) is 13.5 Å². The smallest absolute Gasteiger partial charge is 0.142 e. The minimum atomic E-state index is -0.421. The molecule has 5 heteroatoms. The van der Waals surface area contributed by atoms with Crippen LogP contribution in [0.5, 0.6) is 5.75 Å². The lowest BCUT2D eigenvalue weighted by atomic mass is 10.2. The second-order valence-electron chi connectivity index (χ2n) is 4.18. The van der Waals surface area contributed by atoms with E-state index in [-0.39, 0.29) is 5.02 Å². The number of hydrogen-bond donors (Lipinski definition) is 1. The van der Waals surface area contributed by atoms with Crippen molar-refractivity contribution < 1.29 is 9.13 Å². The number of ether oxygens (including phenoxy) is 1. The normalized spacial score (nSPS) is 10.4. The molecule has 0 heterocycles. The molecular weight excluding hydrogens is 300 g/mol. The molecule has 0 aliphatic heterocycles. The third-order valence-corrected chi connectivity index (χ3v) is 3.31. The molecule has 0 saturated heterocycles. The van der Waals surface area contributed by atoms with Crippen LogP contribution >= 0.6 is 23.2 Å². The largest absolute Gasteiger partial charge is 0.492 e. The molecular formula is C15H14Cl2FNO. The van der Waals surface area contributed by atoms with Crippen LogP contribution in [0.15, 0.2) is 36.4 Å². The van der Waals surface area contributed by atoms with Crippen molar-refractivity contribution in [2.75, 3.05) is 11.9 Å². The highest BCUT2D eigenvalue weighted by Crippen LogP contribution is 2.28. The zero-order valence-electron chi connectivity index (χ0n) is 10.9. The van der Waals surface area contributed by atoms with E-state index in [0.29, 0.717) is 23.9 Å². The summed E-state index contributed by atoms with van der Waals surface area (Å²) in [6.45, 7) is 2.95. The van der Waals surface area contributed by atoms with Crippen molar-refractivity contribution in [2.24, 2.45) is 0 Å². The molecule has 2 nitrogen and oxygen atoms in total. The highest BCUT2D eigenvalue weighted by atomic mass is 35.5. The van der Waals surface area contributed by atoms with Gasteiger partial charge in [-0.3, -0.25) is 0 Å². The van der Waals surface area contributed by atoms with Gasteiger partial charge >= 0.3 is 0 Å². The van der Waals surface area contributed by atoms with Crippen LogP contribution in [0.4, 0.5) is 10.1 Å². The SMILES string of the molecule is CCOc1ccc(NCc2ccc(Cl)c(F)c2)cc1Cl. The molecule has 0 aliphatic rings. The predicted molar refractivity (Wildman–Crippen MR) is 81.4 cm³/mol. The van der Waals surface area contributed by atoms with E-state index in [1.807, 2.05) is 13.0 Å². The summed E-state index contributed by atoms with van der Waals surface area (Å²) >= 11 is 11.7. The van der Waals surface area contributed by atoms with Gasteiger partial charge in [0, 0.05) is 12.2 Å². The van der Waals surface area contributed by atoms with E-state index in [1.54, 1.807) is 24.3 Å². The lowest BCUT2D eigenvalue weighted by Crippen LogP contribution is -2.00. The first kappa shape index (κ1) is 14.9. The Morgan fingerprint density at radius 1 is 1.10 bits per heavy atom. The zero-order chi connectivity index (χ0) is 14.5. The molecule has 0 atom stereocenters. The van der Waals surface area contributed by atoms with Gasteiger partial charge in [-0.1, -0.05) is 29.3 Å². The Balaban J connectivity index is 2.03. The van der Waals surface area contributed by atoms with Gasteiger partial charge in [-0.15, -0.1) is 0 Å². The zero-order valence-corrected chi connectivity index (χ0v) is 12.4. The molecule has 106 valence electrons. The maximum atomic E-state index is 13.3. The third-order valence-electron chi connectivity index (χ3n) is 2.71. The van der Waals surface area contributed by atoms with E-state index >= 15 is 0 Å². The van der Waals surface area contributed by atoms with Gasteiger partial charge in [0.2, 0.25) is 0 Å². The molecule has 0 aliphatic carbocycles. The van der Waals surface area contributed by atoms with Crippen LogP contribution in [0, 0.1) is 5.82 Å². The fourth-order valence-corrected chi connectivity index (χ4v) is 2.09. The quantitative estimate of drug-likeness (QED) is 0.824. The van der Waals surface area contributed by atoms with Crippen molar-refractivity contribution in [1.82, 2.24) is 0 Å². The minimum absolute atomic E-state index is 0.123. The topological polar surface area (TPSA) is 21.3 Å². The average molecular weight is 314 g/mol. The van der Waals surface area contributed by atoms with Crippen LogP contribution in [0.2, 0.25) is 10.0 Å². The Hall–Kier alpha value is -1.45. The number of nitrogens with one attached hydrogen (secondary N) is 1. The Morgan fingerprint density at radius 2 is 1.90 bits per heavy atom. The lowest BCUT2D eigenvalue weighted by Gasteiger charge is -2.10. The summed E-state index contributed by atoms with van der Waals surface area (Å²) in [5, 5.41) is 3.83. The molecule has 20 heavy (non-hydrogen) atoms. The van der Waals surface area contributed by atoms with E-state index in [2.05, 4.69) is 5.32 Å². The number of hydrogen-bond acceptors (Lipinski definition) is 2. The highest BCUT2D eigenvalue weighted by Gasteiger charge is 2.04. The number of halogens is 3. The van der Waals surface area contributed by atoms with Crippen molar-refractivity contribution in [1.29, 1.82) is 0 Å². The van der Waals surface area contributed by atoms with Gasteiger partial charge in [-0.05, 0) is 42.8 Å². The van der Waals surface area contributed by atoms with Crippen molar-refractivity contribution in [3.8, 4) is 5.75 Å². The number of benzene rings is 2. The lowest BCUT2D eigenvalue weighted by molar-refractivity contribution is 0.340. The molecule has 0 amide bonds. The second kappa shape index (κ2) is 6.82. The van der Waals surface area contributed by atoms with E-state index in [9.17, 15) is 4.39 Å². The monoisotopic (exact) mass is 313 g/mol. The predicted octanol–water partition coefficient (Wildman–Crippen LogP) is 5.14. The fraction of sp³-hybridized carbons (Fsp3) is 0.200. The van der Waals surface area contributed by atoms with Gasteiger partial charge in [0.25, 0.3) is 0 Å². The van der Waals surface area contributed by atoms with Gasteiger partial charge in [-0.25, -0.2) is 4.39 Å².